The third-order valence-electron chi connectivity index (χ3n) is 3.69. The zero-order valence-corrected chi connectivity index (χ0v) is 14.3. The van der Waals surface area contributed by atoms with Crippen molar-refractivity contribution in [3.8, 4) is 0 Å². The highest BCUT2D eigenvalue weighted by molar-refractivity contribution is 6.23. The number of aliphatic hydroxyl groups is 2. The topological polar surface area (TPSA) is 111 Å². The number of hydrogen-bond acceptors (Lipinski definition) is 5. The molecule has 0 spiro atoms. The van der Waals surface area contributed by atoms with Crippen LogP contribution >= 0.6 is 0 Å². The van der Waals surface area contributed by atoms with Gasteiger partial charge < -0.3 is 10.2 Å². The van der Waals surface area contributed by atoms with Crippen molar-refractivity contribution in [3.63, 3.8) is 0 Å². The molecule has 2 rings (SSSR count). The number of rotatable bonds is 7. The highest BCUT2D eigenvalue weighted by Crippen LogP contribution is 2.14. The number of nitrogens with one attached hydrogen (secondary N) is 1. The second-order valence-electron chi connectivity index (χ2n) is 5.49. The first-order chi connectivity index (χ1) is 12.0. The molecule has 0 atom stereocenters. The van der Waals surface area contributed by atoms with E-state index in [0.717, 1.165) is 5.69 Å². The minimum atomic E-state index is -0.242. The molecule has 0 bridgehead atoms. The fraction of sp³-hybridized carbons (Fsp3) is 0.353. The van der Waals surface area contributed by atoms with Crippen LogP contribution in [0.2, 0.25) is 0 Å². The quantitative estimate of drug-likeness (QED) is 0.483. The van der Waals surface area contributed by atoms with Gasteiger partial charge in [0.05, 0.1) is 43.2 Å². The lowest BCUT2D eigenvalue weighted by Crippen LogP contribution is -2.25. The SMILES string of the molecule is CC1=NN(CCO)C(=O)C1=CC=CC=Cc1c(C)[nH]n(CCO)c1=O. The normalized spacial score (nSPS) is 16.8. The van der Waals surface area contributed by atoms with Gasteiger partial charge in [0.15, 0.2) is 0 Å². The van der Waals surface area contributed by atoms with E-state index in [4.69, 9.17) is 10.2 Å². The summed E-state index contributed by atoms with van der Waals surface area (Å²) >= 11 is 0. The van der Waals surface area contributed by atoms with Crippen molar-refractivity contribution in [1.82, 2.24) is 14.8 Å². The van der Waals surface area contributed by atoms with Crippen LogP contribution in [0.15, 0.2) is 39.8 Å². The van der Waals surface area contributed by atoms with E-state index in [1.54, 1.807) is 44.2 Å². The monoisotopic (exact) mass is 346 g/mol. The summed E-state index contributed by atoms with van der Waals surface area (Å²) in [7, 11) is 0. The number of carbonyl (C=O) groups excluding carboxylic acids is 1. The van der Waals surface area contributed by atoms with Crippen LogP contribution in [0, 0.1) is 6.92 Å². The van der Waals surface area contributed by atoms with Crippen LogP contribution in [-0.2, 0) is 11.3 Å². The van der Waals surface area contributed by atoms with Crippen molar-refractivity contribution in [2.75, 3.05) is 19.8 Å². The molecule has 8 nitrogen and oxygen atoms in total. The first-order valence-electron chi connectivity index (χ1n) is 7.93. The predicted molar refractivity (Wildman–Crippen MR) is 95.0 cm³/mol. The number of nitrogens with zero attached hydrogens (tertiary/aromatic N) is 3. The molecule has 0 saturated heterocycles. The Morgan fingerprint density at radius 1 is 1.08 bits per heavy atom. The Kier molecular flexibility index (Phi) is 6.26. The van der Waals surface area contributed by atoms with Crippen LogP contribution in [0.3, 0.4) is 0 Å². The van der Waals surface area contributed by atoms with Crippen molar-refractivity contribution in [2.24, 2.45) is 5.10 Å². The summed E-state index contributed by atoms with van der Waals surface area (Å²) < 4.78 is 1.35. The lowest BCUT2D eigenvalue weighted by Gasteiger charge is -2.08. The lowest BCUT2D eigenvalue weighted by atomic mass is 10.1. The first kappa shape index (κ1) is 18.6. The van der Waals surface area contributed by atoms with Gasteiger partial charge in [-0.15, -0.1) is 0 Å². The molecular formula is C17H22N4O4. The van der Waals surface area contributed by atoms with Gasteiger partial charge in [0.2, 0.25) is 0 Å². The highest BCUT2D eigenvalue weighted by Gasteiger charge is 2.25. The number of allylic oxidation sites excluding steroid dienone is 4. The van der Waals surface area contributed by atoms with Gasteiger partial charge in [-0.25, -0.2) is 5.01 Å². The number of H-pyrrole nitrogens is 1. The third kappa shape index (κ3) is 4.23. The van der Waals surface area contributed by atoms with Gasteiger partial charge in [0.1, 0.15) is 0 Å². The fourth-order valence-corrected chi connectivity index (χ4v) is 2.45. The van der Waals surface area contributed by atoms with Crippen LogP contribution < -0.4 is 5.56 Å². The molecule has 2 heterocycles. The minimum absolute atomic E-state index is 0.112. The molecule has 0 aliphatic carbocycles. The number of aryl methyl sites for hydroxylation is 1. The molecule has 1 aliphatic rings. The zero-order chi connectivity index (χ0) is 18.4. The predicted octanol–water partition coefficient (Wildman–Crippen LogP) is 0.183. The third-order valence-corrected chi connectivity index (χ3v) is 3.69. The average molecular weight is 346 g/mol. The van der Waals surface area contributed by atoms with E-state index in [9.17, 15) is 9.59 Å². The summed E-state index contributed by atoms with van der Waals surface area (Å²) in [5.41, 5.74) is 2.12. The number of β-amino-alcohol motifs (C(OH)–C–C–N with tert-alkyl or cyclic N) is 1. The maximum Gasteiger partial charge on any atom is 0.275 e. The first-order valence-corrected chi connectivity index (χ1v) is 7.93. The molecule has 0 aromatic carbocycles. The van der Waals surface area contributed by atoms with Gasteiger partial charge >= 0.3 is 0 Å². The molecule has 1 aromatic rings. The van der Waals surface area contributed by atoms with Gasteiger partial charge in [-0.3, -0.25) is 19.4 Å². The maximum absolute atomic E-state index is 12.1. The smallest absolute Gasteiger partial charge is 0.275 e. The summed E-state index contributed by atoms with van der Waals surface area (Å²) in [5.74, 6) is -0.242. The molecule has 0 fully saturated rings. The number of amides is 1. The summed E-state index contributed by atoms with van der Waals surface area (Å²) in [6.45, 7) is 3.66. The molecule has 0 saturated carbocycles. The van der Waals surface area contributed by atoms with Gasteiger partial charge in [-0.05, 0) is 26.0 Å². The Balaban J connectivity index is 2.07. The molecule has 8 heteroatoms. The molecule has 25 heavy (non-hydrogen) atoms. The molecule has 1 aliphatic heterocycles. The second-order valence-corrected chi connectivity index (χ2v) is 5.49. The van der Waals surface area contributed by atoms with Crippen LogP contribution in [0.25, 0.3) is 6.08 Å². The Morgan fingerprint density at radius 3 is 2.48 bits per heavy atom. The standard InChI is InChI=1S/C17H22N4O4/c1-12-14(16(24)20(18-12)8-10-22)6-4-3-5-7-15-13(2)19-21(9-11-23)17(15)25/h3-7,18,22-23H,8-11H2,1-2H3. The van der Waals surface area contributed by atoms with Crippen molar-refractivity contribution in [3.05, 3.63) is 51.5 Å². The molecular weight excluding hydrogens is 324 g/mol. The van der Waals surface area contributed by atoms with Crippen molar-refractivity contribution in [1.29, 1.82) is 0 Å². The lowest BCUT2D eigenvalue weighted by molar-refractivity contribution is -0.126. The molecule has 3 N–H and O–H groups in total. The van der Waals surface area contributed by atoms with Crippen molar-refractivity contribution < 1.29 is 15.0 Å². The Hall–Kier alpha value is -2.71. The van der Waals surface area contributed by atoms with Gasteiger partial charge in [-0.1, -0.05) is 18.2 Å². The van der Waals surface area contributed by atoms with Gasteiger partial charge in [0, 0.05) is 5.69 Å². The zero-order valence-electron chi connectivity index (χ0n) is 14.3. The van der Waals surface area contributed by atoms with E-state index < -0.39 is 0 Å². The van der Waals surface area contributed by atoms with Crippen LogP contribution in [0.1, 0.15) is 18.2 Å². The second kappa shape index (κ2) is 8.41. The maximum atomic E-state index is 12.1. The summed E-state index contributed by atoms with van der Waals surface area (Å²) in [6, 6.07) is 0. The summed E-state index contributed by atoms with van der Waals surface area (Å²) in [6.07, 6.45) is 8.43. The number of hydrazone groups is 1. The van der Waals surface area contributed by atoms with E-state index in [2.05, 4.69) is 10.2 Å². The number of hydrogen-bond donors (Lipinski definition) is 3. The Morgan fingerprint density at radius 2 is 1.80 bits per heavy atom. The highest BCUT2D eigenvalue weighted by atomic mass is 16.3. The van der Waals surface area contributed by atoms with Gasteiger partial charge in [0.25, 0.3) is 11.5 Å². The molecule has 134 valence electrons. The van der Waals surface area contributed by atoms with Gasteiger partial charge in [-0.2, -0.15) is 5.10 Å². The average Bonchev–Trinajstić information content (AvgIpc) is 2.99. The molecule has 0 unspecified atom stereocenters. The summed E-state index contributed by atoms with van der Waals surface area (Å²) in [4.78, 5) is 24.1. The van der Waals surface area contributed by atoms with E-state index >= 15 is 0 Å². The van der Waals surface area contributed by atoms with Crippen molar-refractivity contribution >= 4 is 17.7 Å². The van der Waals surface area contributed by atoms with E-state index in [1.165, 1.54) is 9.69 Å². The Labute approximate surface area is 145 Å². The minimum Gasteiger partial charge on any atom is -0.394 e. The van der Waals surface area contributed by atoms with Crippen LogP contribution in [0.4, 0.5) is 0 Å². The van der Waals surface area contributed by atoms with Crippen LogP contribution in [0.5, 0.6) is 0 Å². The largest absolute Gasteiger partial charge is 0.394 e. The Bertz CT molecular complexity index is 811. The fourth-order valence-electron chi connectivity index (χ4n) is 2.45. The number of carbonyl (C=O) groups is 1. The molecule has 0 radical (unpaired) electrons. The molecule has 1 aromatic heterocycles. The van der Waals surface area contributed by atoms with E-state index in [1.807, 2.05) is 0 Å². The number of aromatic amines is 1. The molecule has 1 amide bonds. The number of aliphatic hydroxyl groups excluding tert-OH is 2. The summed E-state index contributed by atoms with van der Waals surface area (Å²) in [5, 5.41) is 26.0. The van der Waals surface area contributed by atoms with Crippen LogP contribution in [-0.4, -0.2) is 56.4 Å². The van der Waals surface area contributed by atoms with E-state index in [0.29, 0.717) is 16.8 Å². The van der Waals surface area contributed by atoms with E-state index in [-0.39, 0.29) is 37.8 Å². The number of aromatic nitrogens is 2. The van der Waals surface area contributed by atoms with Crippen molar-refractivity contribution in [2.45, 2.75) is 20.4 Å².